The van der Waals surface area contributed by atoms with Crippen molar-refractivity contribution in [2.75, 3.05) is 31.2 Å². The number of aromatic nitrogens is 2. The van der Waals surface area contributed by atoms with Crippen LogP contribution in [0.1, 0.15) is 31.5 Å². The van der Waals surface area contributed by atoms with Gasteiger partial charge in [-0.2, -0.15) is 5.10 Å². The lowest BCUT2D eigenvalue weighted by Crippen LogP contribution is -2.36. The van der Waals surface area contributed by atoms with E-state index < -0.39 is 0 Å². The van der Waals surface area contributed by atoms with Crippen LogP contribution in [0.4, 0.5) is 5.69 Å². The lowest BCUT2D eigenvalue weighted by atomic mass is 10.1. The number of esters is 2. The Labute approximate surface area is 152 Å². The van der Waals surface area contributed by atoms with E-state index in [1.165, 1.54) is 5.69 Å². The summed E-state index contributed by atoms with van der Waals surface area (Å²) in [7, 11) is 0. The van der Waals surface area contributed by atoms with Gasteiger partial charge in [0, 0.05) is 23.3 Å². The maximum Gasteiger partial charge on any atom is 0.325 e. The number of anilines is 1. The van der Waals surface area contributed by atoms with Crippen LogP contribution in [0.3, 0.4) is 0 Å². The molecule has 0 bridgehead atoms. The van der Waals surface area contributed by atoms with Gasteiger partial charge in [0.25, 0.3) is 0 Å². The third-order valence-electron chi connectivity index (χ3n) is 4.54. The molecule has 26 heavy (non-hydrogen) atoms. The molecule has 7 heteroatoms. The van der Waals surface area contributed by atoms with E-state index in [1.807, 2.05) is 13.0 Å². The number of fused-ring (bicyclic) bond motifs is 3. The second kappa shape index (κ2) is 7.76. The van der Waals surface area contributed by atoms with E-state index in [2.05, 4.69) is 15.8 Å². The van der Waals surface area contributed by atoms with E-state index in [-0.39, 0.29) is 25.0 Å². The minimum atomic E-state index is -0.372. The molecule has 2 heterocycles. The fraction of sp³-hybridized carbons (Fsp3) is 0.526. The van der Waals surface area contributed by atoms with Crippen LogP contribution in [0, 0.1) is 6.92 Å². The maximum absolute atomic E-state index is 12.0. The van der Waals surface area contributed by atoms with Crippen molar-refractivity contribution >= 4 is 28.5 Å². The molecule has 0 N–H and O–H groups in total. The van der Waals surface area contributed by atoms with Gasteiger partial charge in [-0.1, -0.05) is 0 Å². The fourth-order valence-corrected chi connectivity index (χ4v) is 3.47. The Bertz CT molecular complexity index is 808. The molecule has 0 spiro atoms. The number of benzene rings is 1. The molecule has 0 fully saturated rings. The first-order valence-corrected chi connectivity index (χ1v) is 9.09. The van der Waals surface area contributed by atoms with Crippen LogP contribution in [0.15, 0.2) is 12.1 Å². The van der Waals surface area contributed by atoms with Crippen molar-refractivity contribution in [2.24, 2.45) is 0 Å². The van der Waals surface area contributed by atoms with Gasteiger partial charge >= 0.3 is 11.9 Å². The number of nitrogens with zero attached hydrogens (tertiary/aromatic N) is 3. The Morgan fingerprint density at radius 1 is 1.15 bits per heavy atom. The molecule has 2 aromatic rings. The summed E-state index contributed by atoms with van der Waals surface area (Å²) in [5, 5.41) is 5.82. The van der Waals surface area contributed by atoms with E-state index in [0.717, 1.165) is 41.5 Å². The maximum atomic E-state index is 12.0. The summed E-state index contributed by atoms with van der Waals surface area (Å²) in [4.78, 5) is 25.7. The van der Waals surface area contributed by atoms with Gasteiger partial charge in [-0.3, -0.25) is 14.3 Å². The predicted molar refractivity (Wildman–Crippen MR) is 98.3 cm³/mol. The molecule has 1 aliphatic heterocycles. The second-order valence-electron chi connectivity index (χ2n) is 6.40. The van der Waals surface area contributed by atoms with Gasteiger partial charge in [-0.05, 0) is 51.3 Å². The standard InChI is InChI=1S/C19H25N3O4/c1-4-25-18(23)11-21(12-19(24)26-5-2)17-10-15-14(9-13(17)3)16-7-6-8-22(16)20-15/h9-10H,4-8,11-12H2,1-3H3. The summed E-state index contributed by atoms with van der Waals surface area (Å²) < 4.78 is 12.2. The first kappa shape index (κ1) is 18.2. The van der Waals surface area contributed by atoms with Crippen molar-refractivity contribution in [3.05, 3.63) is 23.4 Å². The lowest BCUT2D eigenvalue weighted by molar-refractivity contribution is -0.142. The zero-order valence-corrected chi connectivity index (χ0v) is 15.6. The van der Waals surface area contributed by atoms with Crippen LogP contribution in [0.5, 0.6) is 0 Å². The monoisotopic (exact) mass is 359 g/mol. The van der Waals surface area contributed by atoms with Crippen LogP contribution >= 0.6 is 0 Å². The summed E-state index contributed by atoms with van der Waals surface area (Å²) in [5.41, 5.74) is 3.94. The Morgan fingerprint density at radius 2 is 1.81 bits per heavy atom. The van der Waals surface area contributed by atoms with Gasteiger partial charge in [-0.15, -0.1) is 0 Å². The van der Waals surface area contributed by atoms with Gasteiger partial charge in [0.1, 0.15) is 13.1 Å². The minimum Gasteiger partial charge on any atom is -0.465 e. The van der Waals surface area contributed by atoms with Gasteiger partial charge in [0.15, 0.2) is 0 Å². The fourth-order valence-electron chi connectivity index (χ4n) is 3.47. The molecule has 0 amide bonds. The summed E-state index contributed by atoms with van der Waals surface area (Å²) in [6.07, 6.45) is 2.15. The first-order valence-electron chi connectivity index (χ1n) is 9.09. The lowest BCUT2D eigenvalue weighted by Gasteiger charge is -2.24. The molecule has 140 valence electrons. The summed E-state index contributed by atoms with van der Waals surface area (Å²) in [6, 6.07) is 4.05. The Balaban J connectivity index is 1.94. The van der Waals surface area contributed by atoms with Gasteiger partial charge in [-0.25, -0.2) is 0 Å². The van der Waals surface area contributed by atoms with E-state index in [0.29, 0.717) is 13.2 Å². The molecular weight excluding hydrogens is 334 g/mol. The molecule has 0 radical (unpaired) electrons. The van der Waals surface area contributed by atoms with Crippen molar-refractivity contribution in [1.29, 1.82) is 0 Å². The van der Waals surface area contributed by atoms with Crippen molar-refractivity contribution in [3.63, 3.8) is 0 Å². The molecule has 3 rings (SSSR count). The number of rotatable bonds is 7. The molecule has 1 aromatic heterocycles. The Morgan fingerprint density at radius 3 is 2.42 bits per heavy atom. The highest BCUT2D eigenvalue weighted by molar-refractivity contribution is 5.89. The SMILES string of the molecule is CCOC(=O)CN(CC(=O)OCC)c1cc2nn3c(c2cc1C)CCC3. The topological polar surface area (TPSA) is 73.7 Å². The van der Waals surface area contributed by atoms with Crippen LogP contribution in [-0.2, 0) is 32.0 Å². The molecule has 1 aliphatic rings. The van der Waals surface area contributed by atoms with Crippen LogP contribution in [0.2, 0.25) is 0 Å². The van der Waals surface area contributed by atoms with Crippen LogP contribution in [0.25, 0.3) is 10.9 Å². The van der Waals surface area contributed by atoms with Crippen molar-refractivity contribution in [3.8, 4) is 0 Å². The van der Waals surface area contributed by atoms with Crippen molar-refractivity contribution in [2.45, 2.75) is 40.2 Å². The highest BCUT2D eigenvalue weighted by Gasteiger charge is 2.22. The van der Waals surface area contributed by atoms with Crippen molar-refractivity contribution in [1.82, 2.24) is 9.78 Å². The molecule has 0 saturated carbocycles. The van der Waals surface area contributed by atoms with Crippen LogP contribution in [-0.4, -0.2) is 48.0 Å². The second-order valence-corrected chi connectivity index (χ2v) is 6.40. The molecule has 0 unspecified atom stereocenters. The van der Waals surface area contributed by atoms with E-state index in [1.54, 1.807) is 18.7 Å². The largest absolute Gasteiger partial charge is 0.465 e. The molecule has 0 aliphatic carbocycles. The molecule has 0 saturated heterocycles. The van der Waals surface area contributed by atoms with Crippen molar-refractivity contribution < 1.29 is 19.1 Å². The smallest absolute Gasteiger partial charge is 0.325 e. The number of ether oxygens (including phenoxy) is 2. The Kier molecular flexibility index (Phi) is 5.44. The number of aryl methyl sites for hydroxylation is 3. The normalized spacial score (nSPS) is 12.9. The number of hydrogen-bond acceptors (Lipinski definition) is 6. The average molecular weight is 359 g/mol. The summed E-state index contributed by atoms with van der Waals surface area (Å²) >= 11 is 0. The quantitative estimate of drug-likeness (QED) is 0.706. The summed E-state index contributed by atoms with van der Waals surface area (Å²) in [5.74, 6) is -0.743. The molecular formula is C19H25N3O4. The Hall–Kier alpha value is -2.57. The molecule has 7 nitrogen and oxygen atoms in total. The number of carbonyl (C=O) groups excluding carboxylic acids is 2. The van der Waals surface area contributed by atoms with E-state index in [4.69, 9.17) is 9.47 Å². The average Bonchev–Trinajstić information content (AvgIpc) is 3.15. The zero-order valence-electron chi connectivity index (χ0n) is 15.6. The van der Waals surface area contributed by atoms with E-state index >= 15 is 0 Å². The highest BCUT2D eigenvalue weighted by Crippen LogP contribution is 2.31. The number of carbonyl (C=O) groups is 2. The molecule has 1 aromatic carbocycles. The highest BCUT2D eigenvalue weighted by atomic mass is 16.5. The zero-order chi connectivity index (χ0) is 18.7. The van der Waals surface area contributed by atoms with Gasteiger partial charge < -0.3 is 14.4 Å². The first-order chi connectivity index (χ1) is 12.5. The van der Waals surface area contributed by atoms with E-state index in [9.17, 15) is 9.59 Å². The van der Waals surface area contributed by atoms with Gasteiger partial charge in [0.2, 0.25) is 0 Å². The molecule has 0 atom stereocenters. The number of hydrogen-bond donors (Lipinski definition) is 0. The third kappa shape index (κ3) is 3.66. The van der Waals surface area contributed by atoms with Crippen LogP contribution < -0.4 is 4.90 Å². The summed E-state index contributed by atoms with van der Waals surface area (Å²) in [6.45, 7) is 7.04. The third-order valence-corrected chi connectivity index (χ3v) is 4.54. The minimum absolute atomic E-state index is 0.00737. The van der Waals surface area contributed by atoms with Gasteiger partial charge in [0.05, 0.1) is 18.7 Å². The predicted octanol–water partition coefficient (Wildman–Crippen LogP) is 2.22.